The van der Waals surface area contributed by atoms with Crippen LogP contribution in [0, 0.1) is 0 Å². The molecule has 0 unspecified atom stereocenters. The van der Waals surface area contributed by atoms with Crippen LogP contribution < -0.4 is 15.2 Å². The lowest BCUT2D eigenvalue weighted by atomic mass is 10.0. The number of hydrogen-bond acceptors (Lipinski definition) is 3. The van der Waals surface area contributed by atoms with E-state index in [1.54, 1.807) is 32.4 Å². The van der Waals surface area contributed by atoms with Crippen LogP contribution in [0.3, 0.4) is 0 Å². The second-order valence-electron chi connectivity index (χ2n) is 3.53. The van der Waals surface area contributed by atoms with Gasteiger partial charge in [-0.2, -0.15) is 0 Å². The number of methoxy groups -OCH3 is 2. The summed E-state index contributed by atoms with van der Waals surface area (Å²) in [6, 6.07) is 5.24. The number of aliphatic hydroxyl groups excluding tert-OH is 1. The molecule has 84 valence electrons. The highest BCUT2D eigenvalue weighted by atomic mass is 16.5. The van der Waals surface area contributed by atoms with Gasteiger partial charge in [0.1, 0.15) is 23.6 Å². The largest absolute Gasteiger partial charge is 0.497 e. The first-order valence-electron chi connectivity index (χ1n) is 4.83. The van der Waals surface area contributed by atoms with Crippen LogP contribution in [0.25, 0.3) is 0 Å². The number of aliphatic hydroxyl groups is 1. The lowest BCUT2D eigenvalue weighted by Crippen LogP contribution is -2.61. The fourth-order valence-corrected chi connectivity index (χ4v) is 1.38. The molecule has 1 aromatic rings. The van der Waals surface area contributed by atoms with Gasteiger partial charge in [0.05, 0.1) is 14.2 Å². The SMILES string of the molecule is COc1ccc(OC)c([C@@H](O)[C@@H](C)[NH3+])c1. The van der Waals surface area contributed by atoms with E-state index in [1.165, 1.54) is 0 Å². The van der Waals surface area contributed by atoms with Gasteiger partial charge in [0, 0.05) is 5.56 Å². The molecule has 0 heterocycles. The highest BCUT2D eigenvalue weighted by molar-refractivity contribution is 5.41. The highest BCUT2D eigenvalue weighted by Crippen LogP contribution is 2.29. The van der Waals surface area contributed by atoms with Crippen LogP contribution in [0.2, 0.25) is 0 Å². The molecule has 0 aliphatic carbocycles. The van der Waals surface area contributed by atoms with Crippen molar-refractivity contribution in [1.82, 2.24) is 0 Å². The zero-order valence-electron chi connectivity index (χ0n) is 9.36. The monoisotopic (exact) mass is 212 g/mol. The van der Waals surface area contributed by atoms with Gasteiger partial charge in [-0.15, -0.1) is 0 Å². The average Bonchev–Trinajstić information content (AvgIpc) is 2.27. The van der Waals surface area contributed by atoms with Crippen LogP contribution in [0.15, 0.2) is 18.2 Å². The first-order valence-corrected chi connectivity index (χ1v) is 4.83. The van der Waals surface area contributed by atoms with Crippen LogP contribution in [0.5, 0.6) is 11.5 Å². The van der Waals surface area contributed by atoms with E-state index in [0.717, 1.165) is 0 Å². The Labute approximate surface area is 89.6 Å². The lowest BCUT2D eigenvalue weighted by molar-refractivity contribution is -0.433. The van der Waals surface area contributed by atoms with E-state index >= 15 is 0 Å². The van der Waals surface area contributed by atoms with Gasteiger partial charge in [0.25, 0.3) is 0 Å². The smallest absolute Gasteiger partial charge is 0.134 e. The number of benzene rings is 1. The summed E-state index contributed by atoms with van der Waals surface area (Å²) in [4.78, 5) is 0. The van der Waals surface area contributed by atoms with Crippen LogP contribution in [0.4, 0.5) is 0 Å². The highest BCUT2D eigenvalue weighted by Gasteiger charge is 2.20. The molecular weight excluding hydrogens is 194 g/mol. The van der Waals surface area contributed by atoms with Crippen molar-refractivity contribution in [2.75, 3.05) is 14.2 Å². The molecule has 4 N–H and O–H groups in total. The molecule has 0 saturated carbocycles. The molecule has 0 aromatic heterocycles. The molecule has 0 aliphatic heterocycles. The van der Waals surface area contributed by atoms with Crippen molar-refractivity contribution in [2.45, 2.75) is 19.1 Å². The Morgan fingerprint density at radius 2 is 1.93 bits per heavy atom. The molecule has 0 spiro atoms. The summed E-state index contributed by atoms with van der Waals surface area (Å²) >= 11 is 0. The summed E-state index contributed by atoms with van der Waals surface area (Å²) in [6.07, 6.45) is -0.643. The van der Waals surface area contributed by atoms with Crippen molar-refractivity contribution in [3.63, 3.8) is 0 Å². The predicted molar refractivity (Wildman–Crippen MR) is 56.9 cm³/mol. The Morgan fingerprint density at radius 3 is 2.40 bits per heavy atom. The van der Waals surface area contributed by atoms with Gasteiger partial charge >= 0.3 is 0 Å². The van der Waals surface area contributed by atoms with Gasteiger partial charge in [-0.1, -0.05) is 0 Å². The first kappa shape index (κ1) is 11.8. The predicted octanol–water partition coefficient (Wildman–Crippen LogP) is 0.368. The van der Waals surface area contributed by atoms with E-state index in [2.05, 4.69) is 5.73 Å². The third-order valence-corrected chi connectivity index (χ3v) is 2.29. The molecule has 4 heteroatoms. The molecule has 0 fully saturated rings. The van der Waals surface area contributed by atoms with Crippen molar-refractivity contribution in [3.05, 3.63) is 23.8 Å². The van der Waals surface area contributed by atoms with Crippen molar-refractivity contribution in [2.24, 2.45) is 0 Å². The molecule has 15 heavy (non-hydrogen) atoms. The maximum atomic E-state index is 9.93. The minimum absolute atomic E-state index is 0.106. The van der Waals surface area contributed by atoms with Crippen molar-refractivity contribution in [1.29, 1.82) is 0 Å². The summed E-state index contributed by atoms with van der Waals surface area (Å²) < 4.78 is 10.3. The Bertz CT molecular complexity index is 326. The second-order valence-corrected chi connectivity index (χ2v) is 3.53. The average molecular weight is 212 g/mol. The summed E-state index contributed by atoms with van der Waals surface area (Å²) in [5, 5.41) is 9.93. The molecule has 0 amide bonds. The molecule has 0 radical (unpaired) electrons. The quantitative estimate of drug-likeness (QED) is 0.757. The Hall–Kier alpha value is -1.26. The summed E-state index contributed by atoms with van der Waals surface area (Å²) in [5.74, 6) is 1.35. The number of rotatable bonds is 4. The minimum Gasteiger partial charge on any atom is -0.497 e. The van der Waals surface area contributed by atoms with Gasteiger partial charge in [0.2, 0.25) is 0 Å². The van der Waals surface area contributed by atoms with Crippen molar-refractivity contribution < 1.29 is 20.3 Å². The van der Waals surface area contributed by atoms with Gasteiger partial charge in [-0.25, -0.2) is 0 Å². The van der Waals surface area contributed by atoms with Crippen LogP contribution in [-0.2, 0) is 0 Å². The first-order chi connectivity index (χ1) is 7.10. The Balaban J connectivity index is 3.11. The third-order valence-electron chi connectivity index (χ3n) is 2.29. The fraction of sp³-hybridized carbons (Fsp3) is 0.455. The molecule has 2 atom stereocenters. The number of quaternary nitrogens is 1. The van der Waals surface area contributed by atoms with E-state index in [4.69, 9.17) is 9.47 Å². The summed E-state index contributed by atoms with van der Waals surface area (Å²) in [6.45, 7) is 1.85. The molecule has 0 saturated heterocycles. The normalized spacial score (nSPS) is 14.5. The van der Waals surface area contributed by atoms with Crippen molar-refractivity contribution >= 4 is 0 Å². The molecule has 1 rings (SSSR count). The Kier molecular flexibility index (Phi) is 3.94. The molecule has 0 aliphatic rings. The molecule has 1 aromatic carbocycles. The molecule has 4 nitrogen and oxygen atoms in total. The summed E-state index contributed by atoms with van der Waals surface area (Å²) in [7, 11) is 3.16. The van der Waals surface area contributed by atoms with E-state index in [-0.39, 0.29) is 6.04 Å². The fourth-order valence-electron chi connectivity index (χ4n) is 1.38. The standard InChI is InChI=1S/C11H17NO3/c1-7(12)11(13)9-6-8(14-2)4-5-10(9)15-3/h4-7,11,13H,12H2,1-3H3/p+1/t7-,11+/m1/s1. The van der Waals surface area contributed by atoms with Crippen LogP contribution >= 0.6 is 0 Å². The maximum Gasteiger partial charge on any atom is 0.134 e. The van der Waals surface area contributed by atoms with Gasteiger partial charge in [-0.05, 0) is 25.1 Å². The maximum absolute atomic E-state index is 9.93. The zero-order valence-corrected chi connectivity index (χ0v) is 9.36. The molecular formula is C11H18NO3+. The Morgan fingerprint density at radius 1 is 1.27 bits per heavy atom. The van der Waals surface area contributed by atoms with E-state index < -0.39 is 6.10 Å². The van der Waals surface area contributed by atoms with Crippen LogP contribution in [0.1, 0.15) is 18.6 Å². The van der Waals surface area contributed by atoms with E-state index in [9.17, 15) is 5.11 Å². The van der Waals surface area contributed by atoms with Gasteiger partial charge in [-0.3, -0.25) is 0 Å². The van der Waals surface area contributed by atoms with Gasteiger partial charge in [0.15, 0.2) is 0 Å². The number of hydrogen-bond donors (Lipinski definition) is 2. The summed E-state index contributed by atoms with van der Waals surface area (Å²) in [5.41, 5.74) is 4.51. The topological polar surface area (TPSA) is 66.3 Å². The van der Waals surface area contributed by atoms with E-state index in [0.29, 0.717) is 17.1 Å². The minimum atomic E-state index is -0.643. The number of ether oxygens (including phenoxy) is 2. The van der Waals surface area contributed by atoms with Gasteiger partial charge < -0.3 is 20.3 Å². The van der Waals surface area contributed by atoms with E-state index in [1.807, 2.05) is 6.92 Å². The second kappa shape index (κ2) is 5.00. The molecule has 0 bridgehead atoms. The zero-order chi connectivity index (χ0) is 11.4. The van der Waals surface area contributed by atoms with Crippen LogP contribution in [-0.4, -0.2) is 25.4 Å². The lowest BCUT2D eigenvalue weighted by Gasteiger charge is -2.16. The van der Waals surface area contributed by atoms with Crippen molar-refractivity contribution in [3.8, 4) is 11.5 Å². The third kappa shape index (κ3) is 2.61.